The Bertz CT molecular complexity index is 918. The molecule has 0 spiro atoms. The van der Waals surface area contributed by atoms with Crippen LogP contribution >= 0.6 is 0 Å². The van der Waals surface area contributed by atoms with Crippen molar-refractivity contribution < 1.29 is 26.7 Å². The minimum Gasteiger partial charge on any atom is -0.309 e. The molecule has 1 heterocycles. The van der Waals surface area contributed by atoms with Gasteiger partial charge in [-0.3, -0.25) is 20.2 Å². The number of aromatic nitrogens is 2. The maximum atomic E-state index is 13.4. The smallest absolute Gasteiger partial charge is 0.309 e. The fourth-order valence-corrected chi connectivity index (χ4v) is 3.17. The van der Waals surface area contributed by atoms with Gasteiger partial charge in [0.2, 0.25) is 5.96 Å². The number of aliphatic imine (C=N–C) groups is 1. The van der Waals surface area contributed by atoms with Crippen LogP contribution in [0.25, 0.3) is 0 Å². The number of amides is 1. The summed E-state index contributed by atoms with van der Waals surface area (Å²) in [5.41, 5.74) is -1.23. The van der Waals surface area contributed by atoms with Crippen LogP contribution in [0.4, 0.5) is 27.8 Å². The quantitative estimate of drug-likeness (QED) is 0.381. The van der Waals surface area contributed by atoms with Gasteiger partial charge < -0.3 is 5.32 Å². The van der Waals surface area contributed by atoms with E-state index in [4.69, 9.17) is 0 Å². The molecule has 1 fully saturated rings. The average molecular weight is 429 g/mol. The lowest BCUT2D eigenvalue weighted by Crippen LogP contribution is -2.36. The first kappa shape index (κ1) is 21.7. The predicted molar refractivity (Wildman–Crippen MR) is 99.9 cm³/mol. The molecule has 0 atom stereocenters. The van der Waals surface area contributed by atoms with Gasteiger partial charge in [-0.1, -0.05) is 19.3 Å². The van der Waals surface area contributed by atoms with E-state index < -0.39 is 29.4 Å². The van der Waals surface area contributed by atoms with Crippen molar-refractivity contribution in [1.29, 1.82) is 0 Å². The molecule has 3 N–H and O–H groups in total. The number of aromatic amines is 1. The number of benzene rings is 1. The normalized spacial score (nSPS) is 15.8. The topological polar surface area (TPSA) is 82.2 Å². The van der Waals surface area contributed by atoms with Crippen LogP contribution in [0.1, 0.15) is 48.2 Å². The van der Waals surface area contributed by atoms with Crippen LogP contribution in [0.3, 0.4) is 0 Å². The number of rotatable bonds is 4. The Hall–Kier alpha value is -2.98. The number of hydrogen-bond acceptors (Lipinski definition) is 3. The molecule has 1 aromatic carbocycles. The van der Waals surface area contributed by atoms with E-state index in [9.17, 15) is 26.7 Å². The minimum atomic E-state index is -4.61. The summed E-state index contributed by atoms with van der Waals surface area (Å²) < 4.78 is 64.8. The van der Waals surface area contributed by atoms with Crippen molar-refractivity contribution in [3.8, 4) is 0 Å². The van der Waals surface area contributed by atoms with Crippen molar-refractivity contribution in [3.05, 3.63) is 47.2 Å². The number of alkyl halides is 3. The van der Waals surface area contributed by atoms with E-state index in [1.54, 1.807) is 0 Å². The fraction of sp³-hybridized carbons (Fsp3) is 0.421. The average Bonchev–Trinajstić information content (AvgIpc) is 3.18. The van der Waals surface area contributed by atoms with Crippen LogP contribution in [0, 0.1) is 17.6 Å². The number of halogens is 5. The zero-order chi connectivity index (χ0) is 21.7. The highest BCUT2D eigenvalue weighted by Crippen LogP contribution is 2.28. The molecule has 2 aromatic rings. The third kappa shape index (κ3) is 5.77. The van der Waals surface area contributed by atoms with Crippen molar-refractivity contribution in [2.45, 2.75) is 38.3 Å². The van der Waals surface area contributed by atoms with Gasteiger partial charge in [-0.15, -0.1) is 0 Å². The lowest BCUT2D eigenvalue weighted by Gasteiger charge is -2.20. The number of hydrogen-bond donors (Lipinski definition) is 3. The molecule has 0 aliphatic heterocycles. The molecule has 1 saturated carbocycles. The Morgan fingerprint density at radius 3 is 2.50 bits per heavy atom. The first-order valence-electron chi connectivity index (χ1n) is 9.43. The molecule has 1 aromatic heterocycles. The lowest BCUT2D eigenvalue weighted by molar-refractivity contribution is -0.141. The van der Waals surface area contributed by atoms with Gasteiger partial charge in [0.1, 0.15) is 5.69 Å². The van der Waals surface area contributed by atoms with Crippen molar-refractivity contribution in [3.63, 3.8) is 0 Å². The number of anilines is 1. The number of nitrogens with zero attached hydrogens (tertiary/aromatic N) is 2. The highest BCUT2D eigenvalue weighted by Gasteiger charge is 2.33. The highest BCUT2D eigenvalue weighted by molar-refractivity contribution is 6.09. The van der Waals surface area contributed by atoms with Crippen molar-refractivity contribution in [2.75, 3.05) is 11.9 Å². The van der Waals surface area contributed by atoms with Gasteiger partial charge in [0, 0.05) is 18.2 Å². The SMILES string of the molecule is O=C(NC(=NCC1CCCCC1)Nc1cc(C(F)(F)F)[nH]n1)c1ccc(F)c(F)c1. The molecule has 6 nitrogen and oxygen atoms in total. The van der Waals surface area contributed by atoms with E-state index in [2.05, 4.69) is 20.7 Å². The molecule has 30 heavy (non-hydrogen) atoms. The summed E-state index contributed by atoms with van der Waals surface area (Å²) in [6.45, 7) is 0.358. The number of carbonyl (C=O) groups excluding carboxylic acids is 1. The summed E-state index contributed by atoms with van der Waals surface area (Å²) in [5.74, 6) is -3.13. The molecule has 1 aliphatic carbocycles. The van der Waals surface area contributed by atoms with Crippen LogP contribution in [-0.2, 0) is 6.18 Å². The highest BCUT2D eigenvalue weighted by atomic mass is 19.4. The van der Waals surface area contributed by atoms with E-state index in [1.165, 1.54) is 0 Å². The molecule has 0 saturated heterocycles. The number of guanidine groups is 1. The van der Waals surface area contributed by atoms with Crippen LogP contribution in [0.15, 0.2) is 29.3 Å². The molecular formula is C19H20F5N5O. The van der Waals surface area contributed by atoms with Gasteiger partial charge in [0.05, 0.1) is 0 Å². The molecule has 0 radical (unpaired) electrons. The van der Waals surface area contributed by atoms with Gasteiger partial charge in [-0.25, -0.2) is 8.78 Å². The summed E-state index contributed by atoms with van der Waals surface area (Å²) in [4.78, 5) is 16.7. The molecule has 11 heteroatoms. The third-order valence-corrected chi connectivity index (χ3v) is 4.78. The zero-order valence-electron chi connectivity index (χ0n) is 15.8. The summed E-state index contributed by atoms with van der Waals surface area (Å²) in [6.07, 6.45) is 0.604. The van der Waals surface area contributed by atoms with Crippen LogP contribution in [0.2, 0.25) is 0 Å². The molecule has 1 amide bonds. The zero-order valence-corrected chi connectivity index (χ0v) is 15.8. The van der Waals surface area contributed by atoms with E-state index >= 15 is 0 Å². The van der Waals surface area contributed by atoms with Crippen LogP contribution in [0.5, 0.6) is 0 Å². The summed E-state index contributed by atoms with van der Waals surface area (Å²) in [6, 6.07) is 3.35. The second-order valence-corrected chi connectivity index (χ2v) is 7.07. The maximum absolute atomic E-state index is 13.4. The summed E-state index contributed by atoms with van der Waals surface area (Å²) >= 11 is 0. The summed E-state index contributed by atoms with van der Waals surface area (Å²) in [5, 5.41) is 10.3. The van der Waals surface area contributed by atoms with Gasteiger partial charge in [-0.2, -0.15) is 18.3 Å². The summed E-state index contributed by atoms with van der Waals surface area (Å²) in [7, 11) is 0. The van der Waals surface area contributed by atoms with E-state index in [1.807, 2.05) is 5.10 Å². The molecule has 0 unspecified atom stereocenters. The maximum Gasteiger partial charge on any atom is 0.432 e. The van der Waals surface area contributed by atoms with Crippen molar-refractivity contribution >= 4 is 17.7 Å². The Morgan fingerprint density at radius 1 is 1.13 bits per heavy atom. The van der Waals surface area contributed by atoms with Crippen molar-refractivity contribution in [1.82, 2.24) is 15.5 Å². The number of nitrogens with one attached hydrogen (secondary N) is 3. The Morgan fingerprint density at radius 2 is 1.87 bits per heavy atom. The first-order valence-corrected chi connectivity index (χ1v) is 9.43. The lowest BCUT2D eigenvalue weighted by atomic mass is 9.89. The molecule has 3 rings (SSSR count). The number of carbonyl (C=O) groups is 1. The van der Waals surface area contributed by atoms with E-state index in [0.717, 1.165) is 56.4 Å². The Balaban J connectivity index is 1.76. The Kier molecular flexibility index (Phi) is 6.68. The van der Waals surface area contributed by atoms with Crippen LogP contribution < -0.4 is 10.6 Å². The number of H-pyrrole nitrogens is 1. The standard InChI is InChI=1S/C19H20F5N5O/c20-13-7-6-12(8-14(13)21)17(30)27-18(25-10-11-4-2-1-3-5-11)26-16-9-15(28-29-16)19(22,23)24/h6-9,11H,1-5,10H2,(H3,25,26,27,28,29,30). The van der Waals surface area contributed by atoms with E-state index in [-0.39, 0.29) is 17.3 Å². The van der Waals surface area contributed by atoms with Gasteiger partial charge in [-0.05, 0) is 37.0 Å². The molecular weight excluding hydrogens is 409 g/mol. The largest absolute Gasteiger partial charge is 0.432 e. The van der Waals surface area contributed by atoms with Gasteiger partial charge >= 0.3 is 6.18 Å². The monoisotopic (exact) mass is 429 g/mol. The van der Waals surface area contributed by atoms with Gasteiger partial charge in [0.25, 0.3) is 5.91 Å². The van der Waals surface area contributed by atoms with Crippen molar-refractivity contribution in [2.24, 2.45) is 10.9 Å². The molecule has 0 bridgehead atoms. The fourth-order valence-electron chi connectivity index (χ4n) is 3.17. The predicted octanol–water partition coefficient (Wildman–Crippen LogP) is 4.48. The third-order valence-electron chi connectivity index (χ3n) is 4.78. The minimum absolute atomic E-state index is 0.129. The first-order chi connectivity index (χ1) is 14.2. The van der Waals surface area contributed by atoms with E-state index in [0.29, 0.717) is 12.5 Å². The Labute approximate surface area is 169 Å². The second kappa shape index (κ2) is 9.23. The molecule has 1 aliphatic rings. The molecule has 162 valence electrons. The second-order valence-electron chi connectivity index (χ2n) is 7.07. The van der Waals surface area contributed by atoms with Gasteiger partial charge in [0.15, 0.2) is 17.5 Å². The van der Waals surface area contributed by atoms with Crippen LogP contribution in [-0.4, -0.2) is 28.6 Å².